The Kier molecular flexibility index (Phi) is 6.95. The van der Waals surface area contributed by atoms with E-state index in [0.29, 0.717) is 54.3 Å². The van der Waals surface area contributed by atoms with E-state index in [0.717, 1.165) is 10.4 Å². The molecule has 1 saturated heterocycles. The number of aromatic nitrogens is 4. The number of benzene rings is 1. The zero-order chi connectivity index (χ0) is 27.0. The highest BCUT2D eigenvalue weighted by molar-refractivity contribution is 7.22. The van der Waals surface area contributed by atoms with Crippen LogP contribution in [0.15, 0.2) is 50.5 Å². The average molecular weight is 538 g/mol. The van der Waals surface area contributed by atoms with Gasteiger partial charge in [0.1, 0.15) is 16.8 Å². The zero-order valence-corrected chi connectivity index (χ0v) is 22.8. The number of amides is 1. The first-order chi connectivity index (χ1) is 18.1. The molecule has 1 aliphatic rings. The Hall–Kier alpha value is -3.73. The van der Waals surface area contributed by atoms with Crippen molar-refractivity contribution < 1.29 is 14.1 Å². The fourth-order valence-electron chi connectivity index (χ4n) is 4.65. The van der Waals surface area contributed by atoms with E-state index in [2.05, 4.69) is 10.1 Å². The van der Waals surface area contributed by atoms with Gasteiger partial charge in [-0.3, -0.25) is 13.9 Å². The number of rotatable bonds is 5. The summed E-state index contributed by atoms with van der Waals surface area (Å²) >= 11 is 1.37. The number of fused-ring (bicyclic) bond motifs is 1. The largest absolute Gasteiger partial charge is 0.444 e. The molecule has 0 radical (unpaired) electrons. The van der Waals surface area contributed by atoms with E-state index < -0.39 is 11.3 Å². The molecule has 3 aromatic heterocycles. The maximum Gasteiger partial charge on any atom is 0.410 e. The average Bonchev–Trinajstić information content (AvgIpc) is 3.54. The fraction of sp³-hybridized carbons (Fsp3) is 0.444. The van der Waals surface area contributed by atoms with Crippen molar-refractivity contribution in [1.82, 2.24) is 24.2 Å². The molecule has 1 fully saturated rings. The van der Waals surface area contributed by atoms with Crippen molar-refractivity contribution in [2.45, 2.75) is 65.1 Å². The smallest absolute Gasteiger partial charge is 0.410 e. The molecule has 0 bridgehead atoms. The van der Waals surface area contributed by atoms with Crippen LogP contribution >= 0.6 is 11.3 Å². The van der Waals surface area contributed by atoms with Crippen molar-refractivity contribution >= 4 is 27.6 Å². The number of hydrogen-bond acceptors (Lipinski definition) is 8. The van der Waals surface area contributed by atoms with Crippen molar-refractivity contribution in [3.63, 3.8) is 0 Å². The predicted octanol–water partition coefficient (Wildman–Crippen LogP) is 4.46. The summed E-state index contributed by atoms with van der Waals surface area (Å²) in [6, 6.07) is 11.3. The molecule has 0 saturated carbocycles. The first-order valence-electron chi connectivity index (χ1n) is 12.8. The number of likely N-dealkylation sites (tertiary alicyclic amines) is 1. The number of ether oxygens (including phenoxy) is 1. The Labute approximate surface area is 223 Å². The minimum Gasteiger partial charge on any atom is -0.444 e. The van der Waals surface area contributed by atoms with Crippen LogP contribution in [0.5, 0.6) is 0 Å². The van der Waals surface area contributed by atoms with Crippen LogP contribution in [0.1, 0.15) is 58.3 Å². The van der Waals surface area contributed by atoms with Gasteiger partial charge in [-0.05, 0) is 45.2 Å². The molecule has 0 atom stereocenters. The normalized spacial score (nSPS) is 14.8. The van der Waals surface area contributed by atoms with Gasteiger partial charge < -0.3 is 14.2 Å². The number of nitrogens with zero attached hydrogens (tertiary/aromatic N) is 5. The lowest BCUT2D eigenvalue weighted by Crippen LogP contribution is -2.47. The van der Waals surface area contributed by atoms with Gasteiger partial charge in [0.05, 0.1) is 5.52 Å². The van der Waals surface area contributed by atoms with Crippen LogP contribution < -0.4 is 11.2 Å². The van der Waals surface area contributed by atoms with Crippen LogP contribution in [0.3, 0.4) is 0 Å². The Morgan fingerprint density at radius 2 is 1.87 bits per heavy atom. The number of aryl methyl sites for hydroxylation is 1. The van der Waals surface area contributed by atoms with Gasteiger partial charge in [-0.1, -0.05) is 42.4 Å². The minimum absolute atomic E-state index is 0.0599. The first kappa shape index (κ1) is 25.9. The van der Waals surface area contributed by atoms with Gasteiger partial charge >= 0.3 is 11.8 Å². The number of carbonyl (C=O) groups excluding carboxylic acids is 1. The summed E-state index contributed by atoms with van der Waals surface area (Å²) in [4.78, 5) is 47.1. The molecule has 0 unspecified atom stereocenters. The summed E-state index contributed by atoms with van der Waals surface area (Å²) in [5, 5.41) is 3.96. The van der Waals surface area contributed by atoms with Gasteiger partial charge in [0, 0.05) is 30.4 Å². The van der Waals surface area contributed by atoms with E-state index in [1.165, 1.54) is 15.9 Å². The van der Waals surface area contributed by atoms with Crippen LogP contribution in [0.4, 0.5) is 4.79 Å². The van der Waals surface area contributed by atoms with E-state index in [9.17, 15) is 14.4 Å². The van der Waals surface area contributed by atoms with E-state index in [1.807, 2.05) is 64.1 Å². The van der Waals surface area contributed by atoms with Crippen LogP contribution in [-0.2, 0) is 17.7 Å². The lowest BCUT2D eigenvalue weighted by Gasteiger charge is -2.33. The van der Waals surface area contributed by atoms with Crippen molar-refractivity contribution in [1.29, 1.82) is 0 Å². The van der Waals surface area contributed by atoms with Gasteiger partial charge in [-0.15, -0.1) is 11.3 Å². The molecule has 10 nitrogen and oxygen atoms in total. The molecule has 1 aliphatic heterocycles. The molecule has 1 aromatic carbocycles. The van der Waals surface area contributed by atoms with Gasteiger partial charge in [-0.2, -0.15) is 4.98 Å². The quantitative estimate of drug-likeness (QED) is 0.369. The lowest BCUT2D eigenvalue weighted by atomic mass is 10.1. The summed E-state index contributed by atoms with van der Waals surface area (Å²) in [6.07, 6.45) is 1.17. The maximum absolute atomic E-state index is 13.9. The van der Waals surface area contributed by atoms with Crippen molar-refractivity contribution in [3.05, 3.63) is 69.0 Å². The Balaban J connectivity index is 1.54. The van der Waals surface area contributed by atoms with E-state index in [-0.39, 0.29) is 24.2 Å². The van der Waals surface area contributed by atoms with Gasteiger partial charge in [0.25, 0.3) is 5.56 Å². The third kappa shape index (κ3) is 5.15. The Morgan fingerprint density at radius 3 is 2.50 bits per heavy atom. The summed E-state index contributed by atoms with van der Waals surface area (Å²) in [5.74, 6) is 0.866. The molecule has 38 heavy (non-hydrogen) atoms. The van der Waals surface area contributed by atoms with E-state index in [1.54, 1.807) is 9.47 Å². The fourth-order valence-corrected chi connectivity index (χ4v) is 5.75. The molecular weight excluding hydrogens is 506 g/mol. The zero-order valence-electron chi connectivity index (χ0n) is 22.0. The standard InChI is InChI=1S/C27H31N5O5S/c1-5-21-28-22(37-29-21)16-31-19-15-20(17-9-7-6-8-10-17)38-23(19)24(33)32(25(31)34)18-11-13-30(14-12-18)26(35)36-27(2,3)4/h6-10,15,18H,5,11-14,16H2,1-4H3. The number of piperidine rings is 1. The minimum atomic E-state index is -0.592. The second-order valence-electron chi connectivity index (χ2n) is 10.4. The Morgan fingerprint density at radius 1 is 1.16 bits per heavy atom. The number of thiophene rings is 1. The second-order valence-corrected chi connectivity index (χ2v) is 11.4. The van der Waals surface area contributed by atoms with Crippen LogP contribution in [0, 0.1) is 0 Å². The second kappa shape index (κ2) is 10.2. The van der Waals surface area contributed by atoms with Crippen molar-refractivity contribution in [2.75, 3.05) is 13.1 Å². The van der Waals surface area contributed by atoms with E-state index >= 15 is 0 Å². The monoisotopic (exact) mass is 537 g/mol. The Bertz CT molecular complexity index is 1570. The highest BCUT2D eigenvalue weighted by Crippen LogP contribution is 2.32. The molecule has 0 aliphatic carbocycles. The highest BCUT2D eigenvalue weighted by atomic mass is 32.1. The predicted molar refractivity (Wildman–Crippen MR) is 145 cm³/mol. The highest BCUT2D eigenvalue weighted by Gasteiger charge is 2.30. The molecule has 4 aromatic rings. The van der Waals surface area contributed by atoms with Gasteiger partial charge in [0.2, 0.25) is 5.89 Å². The van der Waals surface area contributed by atoms with Crippen LogP contribution in [-0.4, -0.2) is 49.0 Å². The molecule has 4 heterocycles. The van der Waals surface area contributed by atoms with Crippen LogP contribution in [0.2, 0.25) is 0 Å². The molecule has 0 spiro atoms. The van der Waals surface area contributed by atoms with Crippen molar-refractivity contribution in [3.8, 4) is 10.4 Å². The van der Waals surface area contributed by atoms with Gasteiger partial charge in [-0.25, -0.2) is 9.59 Å². The molecular formula is C27H31N5O5S. The molecule has 0 N–H and O–H groups in total. The number of hydrogen-bond donors (Lipinski definition) is 0. The lowest BCUT2D eigenvalue weighted by molar-refractivity contribution is 0.0186. The summed E-state index contributed by atoms with van der Waals surface area (Å²) in [6.45, 7) is 8.25. The topological polar surface area (TPSA) is 112 Å². The maximum atomic E-state index is 13.9. The third-order valence-corrected chi connectivity index (χ3v) is 7.67. The van der Waals surface area contributed by atoms with Crippen molar-refractivity contribution in [2.24, 2.45) is 0 Å². The number of carbonyl (C=O) groups is 1. The first-order valence-corrected chi connectivity index (χ1v) is 13.6. The summed E-state index contributed by atoms with van der Waals surface area (Å²) < 4.78 is 14.3. The molecule has 11 heteroatoms. The molecule has 200 valence electrons. The molecule has 5 rings (SSSR count). The summed E-state index contributed by atoms with van der Waals surface area (Å²) in [7, 11) is 0. The van der Waals surface area contributed by atoms with Crippen LogP contribution in [0.25, 0.3) is 20.7 Å². The SMILES string of the molecule is CCc1noc(Cn2c(=O)n(C3CCN(C(=O)OC(C)(C)C)CC3)c(=O)c3sc(-c4ccccc4)cc32)n1. The van der Waals surface area contributed by atoms with Gasteiger partial charge in [0.15, 0.2) is 5.82 Å². The van der Waals surface area contributed by atoms with E-state index in [4.69, 9.17) is 9.26 Å². The molecule has 1 amide bonds. The summed E-state index contributed by atoms with van der Waals surface area (Å²) in [5.41, 5.74) is 0.180. The third-order valence-electron chi connectivity index (χ3n) is 6.51.